The van der Waals surface area contributed by atoms with Crippen LogP contribution >= 0.6 is 0 Å². The minimum atomic E-state index is -0.776. The molecule has 2 aromatic rings. The van der Waals surface area contributed by atoms with Crippen molar-refractivity contribution in [2.45, 2.75) is 51.6 Å². The predicted octanol–water partition coefficient (Wildman–Crippen LogP) is 3.74. The number of carbonyl (C=O) groups excluding carboxylic acids is 1. The summed E-state index contributed by atoms with van der Waals surface area (Å²) in [7, 11) is 0. The molecule has 0 unspecified atom stereocenters. The summed E-state index contributed by atoms with van der Waals surface area (Å²) in [5.41, 5.74) is 6.88. The Hall–Kier alpha value is -3.05. The van der Waals surface area contributed by atoms with Crippen LogP contribution in [-0.4, -0.2) is 35.6 Å². The van der Waals surface area contributed by atoms with Crippen molar-refractivity contribution in [1.82, 2.24) is 10.3 Å². The third-order valence-electron chi connectivity index (χ3n) is 5.70. The quantitative estimate of drug-likeness (QED) is 0.732. The third kappa shape index (κ3) is 4.83. The van der Waals surface area contributed by atoms with E-state index in [4.69, 9.17) is 5.73 Å². The fourth-order valence-corrected chi connectivity index (χ4v) is 3.98. The van der Waals surface area contributed by atoms with Crippen LogP contribution in [0.5, 0.6) is 0 Å². The maximum atomic E-state index is 14.0. The molecule has 6 nitrogen and oxygen atoms in total. The van der Waals surface area contributed by atoms with Crippen molar-refractivity contribution in [3.63, 3.8) is 0 Å². The Morgan fingerprint density at radius 1 is 1.32 bits per heavy atom. The maximum absolute atomic E-state index is 14.0. The number of nitrogens with zero attached hydrogens (tertiary/aromatic N) is 3. The van der Waals surface area contributed by atoms with Gasteiger partial charge in [0.25, 0.3) is 5.91 Å². The molecule has 2 heterocycles. The first-order valence-electron chi connectivity index (χ1n) is 10.4. The number of nitrogens with two attached hydrogens (primary N) is 1. The number of hydrogen-bond acceptors (Lipinski definition) is 5. The van der Waals surface area contributed by atoms with Crippen LogP contribution in [0.4, 0.5) is 14.5 Å². The number of benzene rings is 1. The Bertz CT molecular complexity index is 1010. The number of rotatable bonds is 6. The number of anilines is 1. The van der Waals surface area contributed by atoms with Gasteiger partial charge >= 0.3 is 0 Å². The SMILES string of the molecule is CCC(CC)NC(=O)c1cnc(C#N)c(-c2cc(F)cc(F)c2)c1N1CC[C@](C)(N)C1. The van der Waals surface area contributed by atoms with E-state index >= 15 is 0 Å². The van der Waals surface area contributed by atoms with E-state index in [1.807, 2.05) is 31.7 Å². The van der Waals surface area contributed by atoms with E-state index in [0.717, 1.165) is 31.0 Å². The Labute approximate surface area is 181 Å². The van der Waals surface area contributed by atoms with Gasteiger partial charge in [-0.3, -0.25) is 4.79 Å². The normalized spacial score (nSPS) is 18.3. The Balaban J connectivity index is 2.25. The molecule has 0 radical (unpaired) electrons. The molecular formula is C23H27F2N5O. The minimum absolute atomic E-state index is 0.00953. The van der Waals surface area contributed by atoms with Gasteiger partial charge in [-0.15, -0.1) is 0 Å². The van der Waals surface area contributed by atoms with E-state index in [0.29, 0.717) is 25.2 Å². The van der Waals surface area contributed by atoms with Crippen molar-refractivity contribution in [1.29, 1.82) is 5.26 Å². The highest BCUT2D eigenvalue weighted by Gasteiger charge is 2.35. The zero-order chi connectivity index (χ0) is 22.8. The average molecular weight is 427 g/mol. The first-order valence-corrected chi connectivity index (χ1v) is 10.4. The zero-order valence-corrected chi connectivity index (χ0v) is 18.0. The van der Waals surface area contributed by atoms with E-state index in [-0.39, 0.29) is 34.3 Å². The molecule has 3 rings (SSSR count). The fourth-order valence-electron chi connectivity index (χ4n) is 3.98. The molecule has 0 saturated carbocycles. The molecule has 1 fully saturated rings. The van der Waals surface area contributed by atoms with Crippen LogP contribution in [0.15, 0.2) is 24.4 Å². The van der Waals surface area contributed by atoms with E-state index in [1.165, 1.54) is 6.20 Å². The molecule has 1 aromatic carbocycles. The number of aromatic nitrogens is 1. The van der Waals surface area contributed by atoms with Crippen LogP contribution in [0.25, 0.3) is 11.1 Å². The highest BCUT2D eigenvalue weighted by atomic mass is 19.1. The lowest BCUT2D eigenvalue weighted by atomic mass is 9.97. The molecule has 3 N–H and O–H groups in total. The lowest BCUT2D eigenvalue weighted by Gasteiger charge is -2.27. The zero-order valence-electron chi connectivity index (χ0n) is 18.0. The summed E-state index contributed by atoms with van der Waals surface area (Å²) in [5.74, 6) is -1.90. The van der Waals surface area contributed by atoms with Crippen molar-refractivity contribution in [3.05, 3.63) is 47.3 Å². The van der Waals surface area contributed by atoms with Crippen molar-refractivity contribution in [2.75, 3.05) is 18.0 Å². The number of amides is 1. The fraction of sp³-hybridized carbons (Fsp3) is 0.435. The first-order chi connectivity index (χ1) is 14.7. The van der Waals surface area contributed by atoms with Gasteiger partial charge in [0.05, 0.1) is 11.3 Å². The molecule has 1 aliphatic heterocycles. The van der Waals surface area contributed by atoms with Crippen LogP contribution in [0.3, 0.4) is 0 Å². The van der Waals surface area contributed by atoms with Crippen LogP contribution < -0.4 is 16.0 Å². The molecule has 0 bridgehead atoms. The molecule has 1 aromatic heterocycles. The van der Waals surface area contributed by atoms with E-state index in [9.17, 15) is 18.8 Å². The molecule has 1 amide bonds. The van der Waals surface area contributed by atoms with Gasteiger partial charge in [-0.2, -0.15) is 5.26 Å². The van der Waals surface area contributed by atoms with Gasteiger partial charge in [-0.05, 0) is 43.9 Å². The Morgan fingerprint density at radius 2 is 1.97 bits per heavy atom. The summed E-state index contributed by atoms with van der Waals surface area (Å²) in [6.07, 6.45) is 3.54. The molecule has 31 heavy (non-hydrogen) atoms. The predicted molar refractivity (Wildman–Crippen MR) is 116 cm³/mol. The van der Waals surface area contributed by atoms with Gasteiger partial charge in [0.2, 0.25) is 0 Å². The smallest absolute Gasteiger partial charge is 0.255 e. The van der Waals surface area contributed by atoms with Gasteiger partial charge < -0.3 is 16.0 Å². The molecule has 1 aliphatic rings. The van der Waals surface area contributed by atoms with Crippen LogP contribution in [0, 0.1) is 23.0 Å². The van der Waals surface area contributed by atoms with Gasteiger partial charge in [0.1, 0.15) is 23.4 Å². The average Bonchev–Trinajstić information content (AvgIpc) is 3.09. The standard InChI is InChI=1S/C23H27F2N5O/c1-4-17(5-2)29-22(31)18-12-28-19(11-26)20(14-8-15(24)10-16(25)9-14)21(18)30-7-6-23(3,27)13-30/h8-10,12,17H,4-7,13,27H2,1-3H3,(H,29,31)/t23-/m0/s1. The topological polar surface area (TPSA) is 95.0 Å². The number of halogens is 2. The lowest BCUT2D eigenvalue weighted by molar-refractivity contribution is 0.0935. The van der Waals surface area contributed by atoms with Crippen LogP contribution in [0.2, 0.25) is 0 Å². The summed E-state index contributed by atoms with van der Waals surface area (Å²) in [4.78, 5) is 19.3. The van der Waals surface area contributed by atoms with E-state index < -0.39 is 17.2 Å². The molecule has 0 aliphatic carbocycles. The number of nitrogens with one attached hydrogen (secondary N) is 1. The van der Waals surface area contributed by atoms with Gasteiger partial charge in [-0.25, -0.2) is 13.8 Å². The number of hydrogen-bond donors (Lipinski definition) is 2. The molecule has 1 atom stereocenters. The van der Waals surface area contributed by atoms with Crippen molar-refractivity contribution >= 4 is 11.6 Å². The van der Waals surface area contributed by atoms with Gasteiger partial charge in [0, 0.05) is 42.5 Å². The molecule has 8 heteroatoms. The summed E-state index contributed by atoms with van der Waals surface area (Å²) < 4.78 is 28.1. The Kier molecular flexibility index (Phi) is 6.56. The summed E-state index contributed by atoms with van der Waals surface area (Å²) in [5, 5.41) is 12.7. The lowest BCUT2D eigenvalue weighted by Crippen LogP contribution is -2.40. The number of carbonyl (C=O) groups is 1. The largest absolute Gasteiger partial charge is 0.368 e. The van der Waals surface area contributed by atoms with E-state index in [1.54, 1.807) is 0 Å². The van der Waals surface area contributed by atoms with Gasteiger partial charge in [-0.1, -0.05) is 13.8 Å². The second kappa shape index (κ2) is 8.98. The van der Waals surface area contributed by atoms with Crippen molar-refractivity contribution < 1.29 is 13.6 Å². The molecule has 0 spiro atoms. The number of pyridine rings is 1. The Morgan fingerprint density at radius 3 is 2.48 bits per heavy atom. The van der Waals surface area contributed by atoms with Crippen LogP contribution in [0.1, 0.15) is 56.1 Å². The summed E-state index contributed by atoms with van der Waals surface area (Å²) in [6.45, 7) is 6.84. The first kappa shape index (κ1) is 22.6. The third-order valence-corrected chi connectivity index (χ3v) is 5.70. The van der Waals surface area contributed by atoms with Crippen molar-refractivity contribution in [2.24, 2.45) is 5.73 Å². The van der Waals surface area contributed by atoms with E-state index in [2.05, 4.69) is 10.3 Å². The minimum Gasteiger partial charge on any atom is -0.368 e. The molecule has 164 valence electrons. The monoisotopic (exact) mass is 427 g/mol. The second-order valence-electron chi connectivity index (χ2n) is 8.33. The molecule has 1 saturated heterocycles. The molecular weight excluding hydrogens is 400 g/mol. The van der Waals surface area contributed by atoms with Crippen LogP contribution in [-0.2, 0) is 0 Å². The highest BCUT2D eigenvalue weighted by Crippen LogP contribution is 2.39. The summed E-state index contributed by atoms with van der Waals surface area (Å²) >= 11 is 0. The maximum Gasteiger partial charge on any atom is 0.255 e. The second-order valence-corrected chi connectivity index (χ2v) is 8.33. The highest BCUT2D eigenvalue weighted by molar-refractivity contribution is 6.04. The van der Waals surface area contributed by atoms with Gasteiger partial charge in [0.15, 0.2) is 0 Å². The van der Waals surface area contributed by atoms with Crippen molar-refractivity contribution in [3.8, 4) is 17.2 Å². The summed E-state index contributed by atoms with van der Waals surface area (Å²) in [6, 6.07) is 5.03. The number of nitriles is 1.